The number of nitrogens with zero attached hydrogens (tertiary/aromatic N) is 1. The number of pyridine rings is 1. The van der Waals surface area contributed by atoms with Gasteiger partial charge in [0.15, 0.2) is 0 Å². The molecule has 1 amide bonds. The van der Waals surface area contributed by atoms with Crippen molar-refractivity contribution < 1.29 is 9.53 Å². The predicted octanol–water partition coefficient (Wildman–Crippen LogP) is 2.78. The summed E-state index contributed by atoms with van der Waals surface area (Å²) < 4.78 is 7.17. The first-order valence-corrected chi connectivity index (χ1v) is 8.83. The molecule has 2 rings (SSSR count). The average Bonchev–Trinajstić information content (AvgIpc) is 2.62. The van der Waals surface area contributed by atoms with Crippen molar-refractivity contribution in [2.24, 2.45) is 0 Å². The molecule has 1 N–H and O–H groups in total. The van der Waals surface area contributed by atoms with E-state index in [0.717, 1.165) is 37.2 Å². The van der Waals surface area contributed by atoms with E-state index in [2.05, 4.69) is 12.2 Å². The lowest BCUT2D eigenvalue weighted by Crippen LogP contribution is -2.28. The Balaban J connectivity index is 1.67. The monoisotopic (exact) mass is 342 g/mol. The molecule has 5 heteroatoms. The number of ether oxygens (including phenoxy) is 1. The fraction of sp³-hybridized carbons (Fsp3) is 0.400. The molecule has 0 aliphatic rings. The van der Waals surface area contributed by atoms with Gasteiger partial charge < -0.3 is 14.6 Å². The normalized spacial score (nSPS) is 10.4. The molecule has 0 saturated carbocycles. The molecule has 1 heterocycles. The van der Waals surface area contributed by atoms with E-state index in [1.54, 1.807) is 18.3 Å². The Labute approximate surface area is 148 Å². The standard InChI is InChI=1S/C20H26N2O3/c1-2-3-16-25-18-9-7-17(8-10-18)11-13-21-19(23)12-15-22-14-5-4-6-20(22)24/h4-10,14H,2-3,11-13,15-16H2,1H3,(H,21,23). The van der Waals surface area contributed by atoms with Crippen LogP contribution in [0.2, 0.25) is 0 Å². The molecule has 0 bridgehead atoms. The number of benzene rings is 1. The molecule has 0 aliphatic carbocycles. The van der Waals surface area contributed by atoms with Gasteiger partial charge in [-0.1, -0.05) is 31.5 Å². The molecule has 0 saturated heterocycles. The zero-order valence-corrected chi connectivity index (χ0v) is 14.7. The molecule has 1 aromatic heterocycles. The summed E-state index contributed by atoms with van der Waals surface area (Å²) in [4.78, 5) is 23.4. The van der Waals surface area contributed by atoms with Crippen molar-refractivity contribution in [3.63, 3.8) is 0 Å². The lowest BCUT2D eigenvalue weighted by molar-refractivity contribution is -0.121. The van der Waals surface area contributed by atoms with Gasteiger partial charge in [0.1, 0.15) is 5.75 Å². The van der Waals surface area contributed by atoms with Gasteiger partial charge in [0, 0.05) is 31.8 Å². The maximum absolute atomic E-state index is 11.9. The molecular weight excluding hydrogens is 316 g/mol. The van der Waals surface area contributed by atoms with Gasteiger partial charge in [-0.25, -0.2) is 0 Å². The van der Waals surface area contributed by atoms with E-state index in [-0.39, 0.29) is 11.5 Å². The van der Waals surface area contributed by atoms with Crippen LogP contribution in [-0.4, -0.2) is 23.6 Å². The molecule has 25 heavy (non-hydrogen) atoms. The third-order valence-corrected chi connectivity index (χ3v) is 3.90. The Hall–Kier alpha value is -2.56. The number of nitrogens with one attached hydrogen (secondary N) is 1. The highest BCUT2D eigenvalue weighted by Crippen LogP contribution is 2.12. The molecule has 0 radical (unpaired) electrons. The number of unbranched alkanes of at least 4 members (excludes halogenated alkanes) is 1. The second kappa shape index (κ2) is 10.3. The summed E-state index contributed by atoms with van der Waals surface area (Å²) >= 11 is 0. The van der Waals surface area contributed by atoms with Crippen LogP contribution < -0.4 is 15.6 Å². The van der Waals surface area contributed by atoms with Gasteiger partial charge in [0.2, 0.25) is 5.91 Å². The number of rotatable bonds is 10. The van der Waals surface area contributed by atoms with E-state index in [1.807, 2.05) is 24.3 Å². The van der Waals surface area contributed by atoms with Gasteiger partial charge in [0.25, 0.3) is 5.56 Å². The first kappa shape index (κ1) is 18.8. The number of carbonyl (C=O) groups excluding carboxylic acids is 1. The quantitative estimate of drug-likeness (QED) is 0.676. The fourth-order valence-corrected chi connectivity index (χ4v) is 2.39. The lowest BCUT2D eigenvalue weighted by atomic mass is 10.1. The van der Waals surface area contributed by atoms with Gasteiger partial charge in [-0.05, 0) is 36.6 Å². The van der Waals surface area contributed by atoms with Gasteiger partial charge in [-0.2, -0.15) is 0 Å². The van der Waals surface area contributed by atoms with Crippen LogP contribution in [0.4, 0.5) is 0 Å². The molecule has 0 aliphatic heterocycles. The highest BCUT2D eigenvalue weighted by atomic mass is 16.5. The summed E-state index contributed by atoms with van der Waals surface area (Å²) in [6, 6.07) is 13.0. The SMILES string of the molecule is CCCCOc1ccc(CCNC(=O)CCn2ccccc2=O)cc1. The second-order valence-electron chi connectivity index (χ2n) is 5.93. The number of aromatic nitrogens is 1. The largest absolute Gasteiger partial charge is 0.494 e. The van der Waals surface area contributed by atoms with E-state index >= 15 is 0 Å². The Kier molecular flexibility index (Phi) is 7.76. The summed E-state index contributed by atoms with van der Waals surface area (Å²) in [5.74, 6) is 0.838. The van der Waals surface area contributed by atoms with Gasteiger partial charge in [0.05, 0.1) is 6.61 Å². The number of hydrogen-bond acceptors (Lipinski definition) is 3. The molecule has 2 aromatic rings. The molecular formula is C20H26N2O3. The predicted molar refractivity (Wildman–Crippen MR) is 98.9 cm³/mol. The summed E-state index contributed by atoms with van der Waals surface area (Å²) in [6.07, 6.45) is 4.94. The Morgan fingerprint density at radius 1 is 1.16 bits per heavy atom. The first-order chi connectivity index (χ1) is 12.2. The number of carbonyl (C=O) groups is 1. The van der Waals surface area contributed by atoms with Crippen LogP contribution in [0, 0.1) is 0 Å². The number of amides is 1. The Morgan fingerprint density at radius 3 is 2.68 bits per heavy atom. The van der Waals surface area contributed by atoms with Gasteiger partial charge in [-0.15, -0.1) is 0 Å². The van der Waals surface area contributed by atoms with Crippen LogP contribution in [-0.2, 0) is 17.8 Å². The van der Waals surface area contributed by atoms with Crippen molar-refractivity contribution in [2.75, 3.05) is 13.2 Å². The Bertz CT molecular complexity index is 707. The Morgan fingerprint density at radius 2 is 1.96 bits per heavy atom. The lowest BCUT2D eigenvalue weighted by Gasteiger charge is -2.08. The summed E-state index contributed by atoms with van der Waals surface area (Å²) in [5.41, 5.74) is 1.07. The molecule has 134 valence electrons. The smallest absolute Gasteiger partial charge is 0.250 e. The highest BCUT2D eigenvalue weighted by Gasteiger charge is 2.03. The van der Waals surface area contributed by atoms with E-state index in [9.17, 15) is 9.59 Å². The van der Waals surface area contributed by atoms with Gasteiger partial charge in [-0.3, -0.25) is 9.59 Å². The summed E-state index contributed by atoms with van der Waals surface area (Å²) in [5, 5.41) is 2.89. The van der Waals surface area contributed by atoms with Crippen LogP contribution >= 0.6 is 0 Å². The number of aryl methyl sites for hydroxylation is 1. The van der Waals surface area contributed by atoms with Crippen molar-refractivity contribution >= 4 is 5.91 Å². The minimum atomic E-state index is -0.0865. The van der Waals surface area contributed by atoms with Crippen LogP contribution in [0.25, 0.3) is 0 Å². The van der Waals surface area contributed by atoms with Crippen molar-refractivity contribution in [2.45, 2.75) is 39.2 Å². The molecule has 0 atom stereocenters. The zero-order valence-electron chi connectivity index (χ0n) is 14.7. The van der Waals surface area contributed by atoms with E-state index in [4.69, 9.17) is 4.74 Å². The summed E-state index contributed by atoms with van der Waals surface area (Å²) in [7, 11) is 0. The van der Waals surface area contributed by atoms with Crippen molar-refractivity contribution in [1.29, 1.82) is 0 Å². The highest BCUT2D eigenvalue weighted by molar-refractivity contribution is 5.75. The van der Waals surface area contributed by atoms with Crippen LogP contribution in [0.5, 0.6) is 5.75 Å². The molecule has 0 fully saturated rings. The average molecular weight is 342 g/mol. The van der Waals surface area contributed by atoms with E-state index in [1.165, 1.54) is 10.6 Å². The first-order valence-electron chi connectivity index (χ1n) is 8.83. The van der Waals surface area contributed by atoms with Gasteiger partial charge >= 0.3 is 0 Å². The van der Waals surface area contributed by atoms with Crippen molar-refractivity contribution in [3.8, 4) is 5.75 Å². The third kappa shape index (κ3) is 6.83. The molecule has 5 nitrogen and oxygen atoms in total. The van der Waals surface area contributed by atoms with E-state index in [0.29, 0.717) is 19.5 Å². The minimum absolute atomic E-state index is 0.0460. The van der Waals surface area contributed by atoms with Crippen molar-refractivity contribution in [1.82, 2.24) is 9.88 Å². The molecule has 0 unspecified atom stereocenters. The molecule has 1 aromatic carbocycles. The van der Waals surface area contributed by atoms with Crippen LogP contribution in [0.3, 0.4) is 0 Å². The van der Waals surface area contributed by atoms with Crippen LogP contribution in [0.15, 0.2) is 53.5 Å². The van der Waals surface area contributed by atoms with E-state index < -0.39 is 0 Å². The second-order valence-corrected chi connectivity index (χ2v) is 5.93. The fourth-order valence-electron chi connectivity index (χ4n) is 2.39. The maximum Gasteiger partial charge on any atom is 0.250 e. The molecule has 0 spiro atoms. The topological polar surface area (TPSA) is 60.3 Å². The van der Waals surface area contributed by atoms with Crippen LogP contribution in [0.1, 0.15) is 31.7 Å². The third-order valence-electron chi connectivity index (χ3n) is 3.90. The zero-order chi connectivity index (χ0) is 17.9. The summed E-state index contributed by atoms with van der Waals surface area (Å²) in [6.45, 7) is 3.86. The van der Waals surface area contributed by atoms with Crippen molar-refractivity contribution in [3.05, 3.63) is 64.6 Å². The minimum Gasteiger partial charge on any atom is -0.494 e. The maximum atomic E-state index is 11.9. The number of hydrogen-bond donors (Lipinski definition) is 1.